The fraction of sp³-hybridized carbons (Fsp3) is 0.586. The lowest BCUT2D eigenvalue weighted by atomic mass is 9.63. The van der Waals surface area contributed by atoms with Crippen molar-refractivity contribution in [3.63, 3.8) is 0 Å². The number of benzene rings is 2. The van der Waals surface area contributed by atoms with Crippen LogP contribution in [0.2, 0.25) is 0 Å². The lowest BCUT2D eigenvalue weighted by Crippen LogP contribution is -2.30. The zero-order valence-electron chi connectivity index (χ0n) is 20.0. The first-order chi connectivity index (χ1) is 16.3. The summed E-state index contributed by atoms with van der Waals surface area (Å²) in [4.78, 5) is 0. The SMILES string of the molecule is CCCCCC1CC[C@@H]2C[C@H](c3ccc(-c4ccc(OCC(F)(F)F)c(F)c4)cc3)CC[C@@H]2C1. The molecule has 2 aliphatic carbocycles. The van der Waals surface area contributed by atoms with Crippen LogP contribution in [0.4, 0.5) is 17.6 Å². The fourth-order valence-corrected chi connectivity index (χ4v) is 6.14. The van der Waals surface area contributed by atoms with Crippen molar-refractivity contribution >= 4 is 0 Å². The van der Waals surface area contributed by atoms with Crippen molar-refractivity contribution in [3.8, 4) is 16.9 Å². The van der Waals surface area contributed by atoms with Gasteiger partial charge in [-0.05, 0) is 84.6 Å². The van der Waals surface area contributed by atoms with Crippen LogP contribution in [0.1, 0.15) is 82.6 Å². The molecule has 2 aromatic rings. The number of rotatable bonds is 8. The van der Waals surface area contributed by atoms with Gasteiger partial charge in [0, 0.05) is 0 Å². The van der Waals surface area contributed by atoms with Crippen LogP contribution in [0, 0.1) is 23.6 Å². The highest BCUT2D eigenvalue weighted by molar-refractivity contribution is 5.64. The largest absolute Gasteiger partial charge is 0.481 e. The molecule has 0 amide bonds. The minimum Gasteiger partial charge on any atom is -0.481 e. The molecule has 0 saturated heterocycles. The lowest BCUT2D eigenvalue weighted by molar-refractivity contribution is -0.153. The zero-order chi connectivity index (χ0) is 24.1. The molecule has 0 radical (unpaired) electrons. The number of hydrogen-bond donors (Lipinski definition) is 0. The van der Waals surface area contributed by atoms with Gasteiger partial charge in [-0.3, -0.25) is 0 Å². The molecule has 0 spiro atoms. The second-order valence-corrected chi connectivity index (χ2v) is 10.4. The summed E-state index contributed by atoms with van der Waals surface area (Å²) in [6, 6.07) is 12.4. The molecule has 0 aliphatic heterocycles. The van der Waals surface area contributed by atoms with Crippen LogP contribution in [0.25, 0.3) is 11.1 Å². The van der Waals surface area contributed by atoms with Crippen molar-refractivity contribution in [1.29, 1.82) is 0 Å². The normalized spacial score (nSPS) is 25.1. The average molecular weight is 477 g/mol. The molecule has 2 aromatic carbocycles. The van der Waals surface area contributed by atoms with Crippen LogP contribution in [-0.4, -0.2) is 12.8 Å². The van der Waals surface area contributed by atoms with Gasteiger partial charge in [0.25, 0.3) is 0 Å². The third kappa shape index (κ3) is 6.55. The van der Waals surface area contributed by atoms with E-state index >= 15 is 0 Å². The van der Waals surface area contributed by atoms with Gasteiger partial charge >= 0.3 is 6.18 Å². The Morgan fingerprint density at radius 1 is 0.853 bits per heavy atom. The molecule has 2 saturated carbocycles. The molecule has 0 heterocycles. The highest BCUT2D eigenvalue weighted by Crippen LogP contribution is 2.48. The molecule has 0 aromatic heterocycles. The van der Waals surface area contributed by atoms with E-state index in [1.54, 1.807) is 6.07 Å². The Balaban J connectivity index is 1.33. The van der Waals surface area contributed by atoms with E-state index in [1.807, 2.05) is 12.1 Å². The van der Waals surface area contributed by atoms with E-state index in [4.69, 9.17) is 0 Å². The second-order valence-electron chi connectivity index (χ2n) is 10.4. The third-order valence-corrected chi connectivity index (χ3v) is 7.98. The average Bonchev–Trinajstić information content (AvgIpc) is 2.82. The molecular weight excluding hydrogens is 440 g/mol. The number of fused-ring (bicyclic) bond motifs is 1. The maximum atomic E-state index is 14.3. The zero-order valence-corrected chi connectivity index (χ0v) is 20.0. The summed E-state index contributed by atoms with van der Waals surface area (Å²) in [5, 5.41) is 0. The molecule has 0 N–H and O–H groups in total. The van der Waals surface area contributed by atoms with E-state index in [1.165, 1.54) is 81.9 Å². The van der Waals surface area contributed by atoms with Crippen LogP contribution in [-0.2, 0) is 0 Å². The maximum absolute atomic E-state index is 14.3. The van der Waals surface area contributed by atoms with Gasteiger partial charge in [-0.2, -0.15) is 13.2 Å². The third-order valence-electron chi connectivity index (χ3n) is 7.98. The number of ether oxygens (including phenoxy) is 1. The molecule has 4 rings (SSSR count). The number of halogens is 4. The van der Waals surface area contributed by atoms with Gasteiger partial charge in [0.05, 0.1) is 0 Å². The predicted molar refractivity (Wildman–Crippen MR) is 128 cm³/mol. The summed E-state index contributed by atoms with van der Waals surface area (Å²) >= 11 is 0. The van der Waals surface area contributed by atoms with Crippen LogP contribution < -0.4 is 4.74 Å². The van der Waals surface area contributed by atoms with Gasteiger partial charge in [0.1, 0.15) is 0 Å². The van der Waals surface area contributed by atoms with E-state index in [-0.39, 0.29) is 5.75 Å². The van der Waals surface area contributed by atoms with Gasteiger partial charge in [0.2, 0.25) is 0 Å². The summed E-state index contributed by atoms with van der Waals surface area (Å²) in [7, 11) is 0. The molecule has 186 valence electrons. The molecular formula is C29H36F4O. The number of alkyl halides is 3. The van der Waals surface area contributed by atoms with Gasteiger partial charge in [-0.25, -0.2) is 4.39 Å². The summed E-state index contributed by atoms with van der Waals surface area (Å²) in [6.07, 6.45) is 9.00. The Morgan fingerprint density at radius 3 is 2.26 bits per heavy atom. The fourth-order valence-electron chi connectivity index (χ4n) is 6.14. The monoisotopic (exact) mass is 476 g/mol. The van der Waals surface area contributed by atoms with Crippen molar-refractivity contribution in [1.82, 2.24) is 0 Å². The van der Waals surface area contributed by atoms with Crippen molar-refractivity contribution in [2.75, 3.05) is 6.61 Å². The Kier molecular flexibility index (Phi) is 8.21. The number of hydrogen-bond acceptors (Lipinski definition) is 1. The Labute approximate surface area is 200 Å². The van der Waals surface area contributed by atoms with E-state index in [2.05, 4.69) is 23.8 Å². The van der Waals surface area contributed by atoms with Crippen LogP contribution in [0.5, 0.6) is 5.75 Å². The summed E-state index contributed by atoms with van der Waals surface area (Å²) in [5.41, 5.74) is 2.83. The molecule has 0 bridgehead atoms. The molecule has 4 atom stereocenters. The summed E-state index contributed by atoms with van der Waals surface area (Å²) < 4.78 is 55.8. The molecule has 2 fully saturated rings. The smallest absolute Gasteiger partial charge is 0.422 e. The minimum absolute atomic E-state index is 0.380. The Bertz CT molecular complexity index is 921. The first-order valence-electron chi connectivity index (χ1n) is 12.9. The van der Waals surface area contributed by atoms with Crippen molar-refractivity contribution in [2.45, 2.75) is 83.2 Å². The number of unbranched alkanes of at least 4 members (excludes halogenated alkanes) is 2. The maximum Gasteiger partial charge on any atom is 0.422 e. The van der Waals surface area contributed by atoms with E-state index in [9.17, 15) is 17.6 Å². The topological polar surface area (TPSA) is 9.23 Å². The van der Waals surface area contributed by atoms with E-state index < -0.39 is 18.6 Å². The molecule has 2 aliphatic rings. The highest BCUT2D eigenvalue weighted by atomic mass is 19.4. The van der Waals surface area contributed by atoms with Gasteiger partial charge in [-0.15, -0.1) is 0 Å². The molecule has 1 unspecified atom stereocenters. The Morgan fingerprint density at radius 2 is 1.56 bits per heavy atom. The van der Waals surface area contributed by atoms with Gasteiger partial charge in [-0.1, -0.05) is 69.4 Å². The quantitative estimate of drug-likeness (QED) is 0.272. The van der Waals surface area contributed by atoms with E-state index in [0.717, 1.165) is 23.3 Å². The minimum atomic E-state index is -4.49. The van der Waals surface area contributed by atoms with Crippen LogP contribution >= 0.6 is 0 Å². The van der Waals surface area contributed by atoms with Crippen LogP contribution in [0.3, 0.4) is 0 Å². The predicted octanol–water partition coefficient (Wildman–Crippen LogP) is 9.31. The van der Waals surface area contributed by atoms with Crippen molar-refractivity contribution in [2.24, 2.45) is 17.8 Å². The van der Waals surface area contributed by atoms with Gasteiger partial charge in [0.15, 0.2) is 18.2 Å². The van der Waals surface area contributed by atoms with Crippen molar-refractivity contribution < 1.29 is 22.3 Å². The highest BCUT2D eigenvalue weighted by Gasteiger charge is 2.35. The van der Waals surface area contributed by atoms with Gasteiger partial charge < -0.3 is 4.74 Å². The Hall–Kier alpha value is -2.04. The summed E-state index contributed by atoms with van der Waals surface area (Å²) in [6.45, 7) is 0.775. The first kappa shape index (κ1) is 25.1. The van der Waals surface area contributed by atoms with Crippen LogP contribution in [0.15, 0.2) is 42.5 Å². The van der Waals surface area contributed by atoms with Crippen molar-refractivity contribution in [3.05, 3.63) is 53.8 Å². The second kappa shape index (κ2) is 11.1. The first-order valence-corrected chi connectivity index (χ1v) is 12.9. The molecule has 1 nitrogen and oxygen atoms in total. The van der Waals surface area contributed by atoms with E-state index in [0.29, 0.717) is 11.5 Å². The lowest BCUT2D eigenvalue weighted by Gasteiger charge is -2.42. The molecule has 34 heavy (non-hydrogen) atoms. The molecule has 5 heteroatoms. The standard InChI is InChI=1S/C29H36F4O/c1-2-3-4-5-20-6-7-25-17-24(13-12-23(25)16-20)21-8-10-22(11-9-21)26-14-15-28(27(30)18-26)34-19-29(31,32)33/h8-11,14-15,18,20,23-25H,2-7,12-13,16-17,19H2,1H3/t20?,23-,24-,25-/m1/s1. The summed E-state index contributed by atoms with van der Waals surface area (Å²) in [5.74, 6) is 2.11.